The number of likely N-dealkylation sites (tertiary alicyclic amines) is 2. The van der Waals surface area contributed by atoms with Gasteiger partial charge in [0, 0.05) is 79.2 Å². The van der Waals surface area contributed by atoms with Gasteiger partial charge in [0.05, 0.1) is 13.2 Å². The maximum absolute atomic E-state index is 11.3. The quantitative estimate of drug-likeness (QED) is 0.0900. The molecule has 2 aromatic carbocycles. The maximum Gasteiger partial charge on any atom is 0.412 e. The van der Waals surface area contributed by atoms with E-state index in [9.17, 15) is 9.90 Å². The molecule has 0 bridgehead atoms. The van der Waals surface area contributed by atoms with Crippen molar-refractivity contribution in [1.29, 1.82) is 0 Å². The fourth-order valence-corrected chi connectivity index (χ4v) is 7.49. The number of aromatic nitrogens is 4. The molecule has 60 heavy (non-hydrogen) atoms. The number of rotatable bonds is 13. The lowest BCUT2D eigenvalue weighted by Crippen LogP contribution is -2.32. The summed E-state index contributed by atoms with van der Waals surface area (Å²) in [5.41, 5.74) is 10.1. The van der Waals surface area contributed by atoms with Crippen LogP contribution >= 0.6 is 0 Å². The molecule has 2 aliphatic rings. The lowest BCUT2D eigenvalue weighted by Gasteiger charge is -2.28. The fraction of sp³-hybridized carbons (Fsp3) is 0.370. The van der Waals surface area contributed by atoms with Crippen molar-refractivity contribution < 1.29 is 19.4 Å². The zero-order valence-electron chi connectivity index (χ0n) is 34.8. The second-order valence-electron chi connectivity index (χ2n) is 15.9. The van der Waals surface area contributed by atoms with Gasteiger partial charge in [0.2, 0.25) is 11.8 Å². The summed E-state index contributed by atoms with van der Waals surface area (Å²) in [5.74, 6) is 3.56. The number of pyridine rings is 4. The molecule has 14 nitrogen and oxygen atoms in total. The molecular weight excluding hydrogens is 757 g/mol. The van der Waals surface area contributed by atoms with Crippen LogP contribution in [0.2, 0.25) is 0 Å². The molecule has 0 spiro atoms. The van der Waals surface area contributed by atoms with Gasteiger partial charge >= 0.3 is 6.09 Å². The SMILES string of the molecule is CN1CCC(COc2cc(CNc3ccc4c(N(C)C(=O)O)nccc4c3)ccn2)CC1.CN1CCC(COc2cc(CNc3ccc4c(N)nccc4c3)ccn2)CC1. The highest BCUT2D eigenvalue weighted by molar-refractivity contribution is 6.00. The number of nitrogens with two attached hydrogens (primary N) is 1. The Morgan fingerprint density at radius 1 is 0.683 bits per heavy atom. The summed E-state index contributed by atoms with van der Waals surface area (Å²) >= 11 is 0. The zero-order valence-corrected chi connectivity index (χ0v) is 34.8. The van der Waals surface area contributed by atoms with Gasteiger partial charge < -0.3 is 40.7 Å². The van der Waals surface area contributed by atoms with Gasteiger partial charge in [-0.1, -0.05) is 0 Å². The van der Waals surface area contributed by atoms with Crippen molar-refractivity contribution in [2.45, 2.75) is 38.8 Å². The Morgan fingerprint density at radius 3 is 1.67 bits per heavy atom. The second kappa shape index (κ2) is 20.1. The van der Waals surface area contributed by atoms with Crippen molar-refractivity contribution in [2.75, 3.05) is 81.8 Å². The first-order chi connectivity index (χ1) is 29.2. The molecule has 6 aromatic rings. The summed E-state index contributed by atoms with van der Waals surface area (Å²) in [7, 11) is 5.83. The topological polar surface area (TPSA) is 167 Å². The van der Waals surface area contributed by atoms with Crippen molar-refractivity contribution in [3.63, 3.8) is 0 Å². The Kier molecular flexibility index (Phi) is 14.1. The summed E-state index contributed by atoms with van der Waals surface area (Å²) in [5, 5.41) is 19.9. The molecule has 314 valence electrons. The minimum atomic E-state index is -1.04. The number of nitrogen functional groups attached to an aromatic ring is 1. The summed E-state index contributed by atoms with van der Waals surface area (Å²) in [4.78, 5) is 34.2. The zero-order chi connectivity index (χ0) is 41.8. The number of hydrogen-bond donors (Lipinski definition) is 4. The lowest BCUT2D eigenvalue weighted by molar-refractivity contribution is 0.157. The third kappa shape index (κ3) is 11.5. The smallest absolute Gasteiger partial charge is 0.412 e. The normalized spacial score (nSPS) is 15.2. The lowest BCUT2D eigenvalue weighted by atomic mass is 9.98. The van der Waals surface area contributed by atoms with Crippen molar-refractivity contribution in [3.8, 4) is 11.8 Å². The number of piperidine rings is 2. The third-order valence-electron chi connectivity index (χ3n) is 11.3. The fourth-order valence-electron chi connectivity index (χ4n) is 7.49. The molecule has 1 amide bonds. The van der Waals surface area contributed by atoms with Crippen LogP contribution in [0.4, 0.5) is 27.8 Å². The number of fused-ring (bicyclic) bond motifs is 2. The van der Waals surface area contributed by atoms with Crippen LogP contribution < -0.4 is 30.7 Å². The number of amides is 1. The molecule has 0 aliphatic carbocycles. The number of anilines is 4. The Bertz CT molecular complexity index is 2350. The molecule has 0 saturated carbocycles. The van der Waals surface area contributed by atoms with Crippen LogP contribution in [0, 0.1) is 11.8 Å². The van der Waals surface area contributed by atoms with Gasteiger partial charge in [-0.2, -0.15) is 0 Å². The van der Waals surface area contributed by atoms with Gasteiger partial charge in [0.25, 0.3) is 0 Å². The minimum absolute atomic E-state index is 0.419. The molecule has 4 aromatic heterocycles. The van der Waals surface area contributed by atoms with Crippen LogP contribution in [0.5, 0.6) is 11.8 Å². The molecule has 2 aliphatic heterocycles. The van der Waals surface area contributed by atoms with Crippen LogP contribution in [0.3, 0.4) is 0 Å². The van der Waals surface area contributed by atoms with Crippen molar-refractivity contribution in [2.24, 2.45) is 11.8 Å². The minimum Gasteiger partial charge on any atom is -0.477 e. The summed E-state index contributed by atoms with van der Waals surface area (Å²) in [6.45, 7) is 7.35. The van der Waals surface area contributed by atoms with Gasteiger partial charge in [-0.25, -0.2) is 24.7 Å². The molecule has 2 fully saturated rings. The first kappa shape index (κ1) is 41.9. The standard InChI is InChI=1S/C24H29N5O3.C22H27N5O/c1-28-11-7-17(8-12-28)16-32-22-13-18(5-9-25-22)15-27-20-3-4-21-19(14-20)6-10-26-23(21)29(2)24(30)31;1-27-10-6-16(7-11-27)15-28-21-12-17(4-8-24-21)14-26-19-2-3-20-18(13-19)5-9-25-22(20)23/h3-6,9-10,13-14,17,27H,7-8,11-12,15-16H2,1-2H3,(H,30,31);2-5,8-9,12-13,16,26H,6-7,10-11,14-15H2,1H3,(H2,23,25). The number of nitrogens with zero attached hydrogens (tertiary/aromatic N) is 7. The highest BCUT2D eigenvalue weighted by atomic mass is 16.5. The van der Waals surface area contributed by atoms with Crippen LogP contribution in [-0.4, -0.2) is 101 Å². The number of nitrogens with one attached hydrogen (secondary N) is 2. The molecule has 0 radical (unpaired) electrons. The van der Waals surface area contributed by atoms with Crippen molar-refractivity contribution >= 4 is 50.6 Å². The summed E-state index contributed by atoms with van der Waals surface area (Å²) in [6, 6.07) is 23.8. The van der Waals surface area contributed by atoms with E-state index in [1.807, 2.05) is 72.9 Å². The van der Waals surface area contributed by atoms with Crippen LogP contribution in [0.15, 0.2) is 97.6 Å². The molecule has 0 unspecified atom stereocenters. The van der Waals surface area contributed by atoms with E-state index in [-0.39, 0.29) is 0 Å². The van der Waals surface area contributed by atoms with Crippen molar-refractivity contribution in [1.82, 2.24) is 29.7 Å². The van der Waals surface area contributed by atoms with E-state index in [1.165, 1.54) is 32.7 Å². The third-order valence-corrected chi connectivity index (χ3v) is 11.3. The summed E-state index contributed by atoms with van der Waals surface area (Å²) < 4.78 is 11.9. The first-order valence-corrected chi connectivity index (χ1v) is 20.7. The molecule has 5 N–H and O–H groups in total. The average molecular weight is 813 g/mol. The van der Waals surface area contributed by atoms with E-state index < -0.39 is 6.09 Å². The molecule has 0 atom stereocenters. The average Bonchev–Trinajstić information content (AvgIpc) is 3.27. The molecule has 2 saturated heterocycles. The Morgan fingerprint density at radius 2 is 1.15 bits per heavy atom. The van der Waals surface area contributed by atoms with Gasteiger partial charge in [-0.05, 0) is 160 Å². The maximum atomic E-state index is 11.3. The highest BCUT2D eigenvalue weighted by Gasteiger charge is 2.19. The number of benzene rings is 2. The van der Waals surface area contributed by atoms with E-state index >= 15 is 0 Å². The number of hydrogen-bond acceptors (Lipinski definition) is 12. The molecule has 6 heterocycles. The first-order valence-electron chi connectivity index (χ1n) is 20.7. The van der Waals surface area contributed by atoms with Gasteiger partial charge in [-0.15, -0.1) is 0 Å². The second-order valence-corrected chi connectivity index (χ2v) is 15.9. The Labute approximate surface area is 351 Å². The molecular formula is C46H56N10O4. The van der Waals surface area contributed by atoms with Crippen LogP contribution in [-0.2, 0) is 13.1 Å². The predicted molar refractivity (Wildman–Crippen MR) is 239 cm³/mol. The molecule has 8 rings (SSSR count). The van der Waals surface area contributed by atoms with Crippen LogP contribution in [0.25, 0.3) is 21.5 Å². The number of carboxylic acid groups (broad SMARTS) is 1. The van der Waals surface area contributed by atoms with Crippen molar-refractivity contribution in [3.05, 3.63) is 109 Å². The van der Waals surface area contributed by atoms with E-state index in [2.05, 4.69) is 60.5 Å². The van der Waals surface area contributed by atoms with Gasteiger partial charge in [-0.3, -0.25) is 4.90 Å². The molecule has 14 heteroatoms. The van der Waals surface area contributed by atoms with Gasteiger partial charge in [0.1, 0.15) is 11.6 Å². The van der Waals surface area contributed by atoms with E-state index in [1.54, 1.807) is 18.6 Å². The Hall–Kier alpha value is -6.25. The monoisotopic (exact) mass is 812 g/mol. The highest BCUT2D eigenvalue weighted by Crippen LogP contribution is 2.28. The predicted octanol–water partition coefficient (Wildman–Crippen LogP) is 7.62. The largest absolute Gasteiger partial charge is 0.477 e. The van der Waals surface area contributed by atoms with Crippen LogP contribution in [0.1, 0.15) is 36.8 Å². The Balaban J connectivity index is 0.000000183. The number of ether oxygens (including phenoxy) is 2. The summed E-state index contributed by atoms with van der Waals surface area (Å²) in [6.07, 6.45) is 10.6. The van der Waals surface area contributed by atoms with Gasteiger partial charge in [0.15, 0.2) is 0 Å². The van der Waals surface area contributed by atoms with E-state index in [4.69, 9.17) is 15.2 Å². The van der Waals surface area contributed by atoms with E-state index in [0.717, 1.165) is 81.7 Å². The van der Waals surface area contributed by atoms with E-state index in [0.29, 0.717) is 54.9 Å². The number of carbonyl (C=O) groups is 1.